The van der Waals surface area contributed by atoms with Crippen LogP contribution in [0.3, 0.4) is 0 Å². The average Bonchev–Trinajstić information content (AvgIpc) is 2.93. The number of amides is 1. The number of carboxylic acid groups (broad SMARTS) is 2. The Morgan fingerprint density at radius 1 is 0.897 bits per heavy atom. The van der Waals surface area contributed by atoms with Crippen LogP contribution < -0.4 is 19.9 Å². The zero-order chi connectivity index (χ0) is 28.6. The molecular weight excluding hydrogens is 521 g/mol. The van der Waals surface area contributed by atoms with Crippen LogP contribution in [0.4, 0.5) is 30.4 Å². The van der Waals surface area contributed by atoms with Gasteiger partial charge in [-0.1, -0.05) is 6.07 Å². The van der Waals surface area contributed by atoms with E-state index in [1.54, 1.807) is 49.7 Å². The number of carbonyl (C=O) groups excluding carboxylic acids is 1. The van der Waals surface area contributed by atoms with Crippen molar-refractivity contribution in [2.45, 2.75) is 6.18 Å². The minimum atomic E-state index is -5.08. The van der Waals surface area contributed by atoms with Crippen LogP contribution in [0.1, 0.15) is 20.7 Å². The summed E-state index contributed by atoms with van der Waals surface area (Å²) in [5, 5.41) is 19.4. The number of hydrogen-bond acceptors (Lipinski definition) is 7. The smallest absolute Gasteiger partial charge is 0.490 e. The SMILES string of the molecule is COc1ccc(C(=O)Nc2cc(C(=O)O)ccc2N2CCN(c3ccccn3)CC2)cc1.O=C(O)C(F)(F)F. The summed E-state index contributed by atoms with van der Waals surface area (Å²) in [6, 6.07) is 17.4. The molecule has 3 N–H and O–H groups in total. The van der Waals surface area contributed by atoms with Gasteiger partial charge in [0.1, 0.15) is 11.6 Å². The van der Waals surface area contributed by atoms with Crippen LogP contribution in [0.2, 0.25) is 0 Å². The maximum absolute atomic E-state index is 12.8. The van der Waals surface area contributed by atoms with Crippen molar-refractivity contribution < 1.29 is 42.5 Å². The lowest BCUT2D eigenvalue weighted by atomic mass is 10.1. The molecule has 206 valence electrons. The molecule has 39 heavy (non-hydrogen) atoms. The first-order valence-electron chi connectivity index (χ1n) is 11.5. The third kappa shape index (κ3) is 7.84. The van der Waals surface area contributed by atoms with Gasteiger partial charge in [-0.15, -0.1) is 0 Å². The third-order valence-electron chi connectivity index (χ3n) is 5.68. The highest BCUT2D eigenvalue weighted by molar-refractivity contribution is 6.06. The van der Waals surface area contributed by atoms with Crippen molar-refractivity contribution in [3.63, 3.8) is 0 Å². The number of piperazine rings is 1. The zero-order valence-electron chi connectivity index (χ0n) is 20.7. The van der Waals surface area contributed by atoms with Gasteiger partial charge in [0.25, 0.3) is 5.91 Å². The molecule has 1 fully saturated rings. The second-order valence-corrected chi connectivity index (χ2v) is 8.18. The first-order chi connectivity index (χ1) is 18.5. The van der Waals surface area contributed by atoms with Gasteiger partial charge in [-0.05, 0) is 54.6 Å². The fraction of sp³-hybridized carbons (Fsp3) is 0.231. The van der Waals surface area contributed by atoms with Gasteiger partial charge in [-0.3, -0.25) is 4.79 Å². The van der Waals surface area contributed by atoms with Crippen molar-refractivity contribution in [3.05, 3.63) is 78.0 Å². The predicted molar refractivity (Wildman–Crippen MR) is 137 cm³/mol. The summed E-state index contributed by atoms with van der Waals surface area (Å²) < 4.78 is 36.9. The van der Waals surface area contributed by atoms with Crippen LogP contribution in [0.5, 0.6) is 5.75 Å². The molecular formula is C26H25F3N4O6. The summed E-state index contributed by atoms with van der Waals surface area (Å²) in [5.74, 6) is -2.53. The van der Waals surface area contributed by atoms with Gasteiger partial charge in [-0.2, -0.15) is 13.2 Å². The fourth-order valence-corrected chi connectivity index (χ4v) is 3.70. The molecule has 1 aliphatic heterocycles. The molecule has 4 rings (SSSR count). The summed E-state index contributed by atoms with van der Waals surface area (Å²) >= 11 is 0. The maximum atomic E-state index is 12.8. The van der Waals surface area contributed by atoms with E-state index in [1.807, 2.05) is 18.2 Å². The average molecular weight is 547 g/mol. The topological polar surface area (TPSA) is 132 Å². The van der Waals surface area contributed by atoms with Crippen molar-refractivity contribution in [1.29, 1.82) is 0 Å². The summed E-state index contributed by atoms with van der Waals surface area (Å²) in [6.07, 6.45) is -3.31. The lowest BCUT2D eigenvalue weighted by Gasteiger charge is -2.37. The number of nitrogens with zero attached hydrogens (tertiary/aromatic N) is 3. The molecule has 0 radical (unpaired) electrons. The molecule has 1 amide bonds. The van der Waals surface area contributed by atoms with E-state index in [4.69, 9.17) is 14.6 Å². The van der Waals surface area contributed by atoms with Crippen molar-refractivity contribution in [3.8, 4) is 5.75 Å². The Morgan fingerprint density at radius 2 is 1.49 bits per heavy atom. The number of nitrogens with one attached hydrogen (secondary N) is 1. The zero-order valence-corrected chi connectivity index (χ0v) is 20.7. The number of carboxylic acids is 2. The summed E-state index contributed by atoms with van der Waals surface area (Å²) in [5.41, 5.74) is 1.83. The van der Waals surface area contributed by atoms with E-state index < -0.39 is 18.1 Å². The number of hydrogen-bond donors (Lipinski definition) is 3. The highest BCUT2D eigenvalue weighted by atomic mass is 19.4. The van der Waals surface area contributed by atoms with E-state index in [0.29, 0.717) is 30.1 Å². The normalized spacial score (nSPS) is 13.1. The number of aliphatic carboxylic acids is 1. The minimum Gasteiger partial charge on any atom is -0.497 e. The Hall–Kier alpha value is -4.81. The van der Waals surface area contributed by atoms with Gasteiger partial charge in [0.15, 0.2) is 0 Å². The number of alkyl halides is 3. The monoisotopic (exact) mass is 546 g/mol. The predicted octanol–water partition coefficient (Wildman–Crippen LogP) is 4.00. The number of aromatic carboxylic acids is 1. The number of benzene rings is 2. The lowest BCUT2D eigenvalue weighted by molar-refractivity contribution is -0.192. The molecule has 2 heterocycles. The molecule has 3 aromatic rings. The van der Waals surface area contributed by atoms with Gasteiger partial charge in [0.05, 0.1) is 24.0 Å². The highest BCUT2D eigenvalue weighted by Gasteiger charge is 2.38. The Bertz CT molecular complexity index is 1300. The molecule has 0 spiro atoms. The summed E-state index contributed by atoms with van der Waals surface area (Å²) in [7, 11) is 1.56. The van der Waals surface area contributed by atoms with Gasteiger partial charge in [0.2, 0.25) is 0 Å². The molecule has 0 aliphatic carbocycles. The van der Waals surface area contributed by atoms with Crippen molar-refractivity contribution >= 4 is 35.0 Å². The number of methoxy groups -OCH3 is 1. The van der Waals surface area contributed by atoms with Gasteiger partial charge < -0.3 is 30.1 Å². The van der Waals surface area contributed by atoms with Crippen LogP contribution in [0.25, 0.3) is 0 Å². The number of aromatic nitrogens is 1. The van der Waals surface area contributed by atoms with E-state index in [1.165, 1.54) is 6.07 Å². The molecule has 2 aromatic carbocycles. The van der Waals surface area contributed by atoms with Crippen LogP contribution in [0.15, 0.2) is 66.9 Å². The highest BCUT2D eigenvalue weighted by Crippen LogP contribution is 2.30. The number of ether oxygens (including phenoxy) is 1. The fourth-order valence-electron chi connectivity index (χ4n) is 3.70. The molecule has 1 aliphatic rings. The van der Waals surface area contributed by atoms with Crippen LogP contribution >= 0.6 is 0 Å². The number of carbonyl (C=O) groups is 3. The van der Waals surface area contributed by atoms with E-state index in [-0.39, 0.29) is 11.5 Å². The van der Waals surface area contributed by atoms with Crippen molar-refractivity contribution in [1.82, 2.24) is 4.98 Å². The quantitative estimate of drug-likeness (QED) is 0.420. The van der Waals surface area contributed by atoms with Gasteiger partial charge in [-0.25, -0.2) is 14.6 Å². The summed E-state index contributed by atoms with van der Waals surface area (Å²) in [4.78, 5) is 42.0. The molecule has 0 unspecified atom stereocenters. The molecule has 0 bridgehead atoms. The number of halogens is 3. The van der Waals surface area contributed by atoms with Gasteiger partial charge in [0, 0.05) is 37.9 Å². The van der Waals surface area contributed by atoms with E-state index >= 15 is 0 Å². The number of rotatable bonds is 6. The van der Waals surface area contributed by atoms with E-state index in [9.17, 15) is 27.9 Å². The first kappa shape index (κ1) is 28.8. The Kier molecular flexibility index (Phi) is 9.31. The standard InChI is InChI=1S/C24H24N4O4.C2HF3O2/c1-32-19-8-5-17(6-9-19)23(29)26-20-16-18(24(30)31)7-10-21(20)27-12-14-28(15-13-27)22-4-2-3-11-25-22;3-2(4,5)1(6)7/h2-11,16H,12-15H2,1H3,(H,26,29)(H,30,31);(H,6,7). The lowest BCUT2D eigenvalue weighted by Crippen LogP contribution is -2.47. The second-order valence-electron chi connectivity index (χ2n) is 8.18. The second kappa shape index (κ2) is 12.6. The molecule has 1 saturated heterocycles. The molecule has 1 aromatic heterocycles. The van der Waals surface area contributed by atoms with E-state index in [2.05, 4.69) is 20.1 Å². The van der Waals surface area contributed by atoms with Crippen LogP contribution in [-0.4, -0.2) is 72.5 Å². The van der Waals surface area contributed by atoms with Gasteiger partial charge >= 0.3 is 18.1 Å². The number of pyridine rings is 1. The molecule has 10 nitrogen and oxygen atoms in total. The largest absolute Gasteiger partial charge is 0.497 e. The Balaban J connectivity index is 0.000000532. The van der Waals surface area contributed by atoms with Crippen molar-refractivity contribution in [2.75, 3.05) is 48.4 Å². The Morgan fingerprint density at radius 3 is 2.00 bits per heavy atom. The molecule has 13 heteroatoms. The molecule has 0 atom stereocenters. The molecule has 0 saturated carbocycles. The number of anilines is 3. The maximum Gasteiger partial charge on any atom is 0.490 e. The third-order valence-corrected chi connectivity index (χ3v) is 5.68. The van der Waals surface area contributed by atoms with E-state index in [0.717, 1.165) is 24.6 Å². The first-order valence-corrected chi connectivity index (χ1v) is 11.5. The summed E-state index contributed by atoms with van der Waals surface area (Å²) in [6.45, 7) is 2.97. The Labute approximate surface area is 221 Å². The van der Waals surface area contributed by atoms with Crippen LogP contribution in [0, 0.1) is 0 Å². The minimum absolute atomic E-state index is 0.117. The van der Waals surface area contributed by atoms with Crippen molar-refractivity contribution in [2.24, 2.45) is 0 Å². The van der Waals surface area contributed by atoms with Crippen LogP contribution in [-0.2, 0) is 4.79 Å².